The third kappa shape index (κ3) is 3.09. The van der Waals surface area contributed by atoms with E-state index in [1.807, 2.05) is 0 Å². The van der Waals surface area contributed by atoms with Crippen LogP contribution in [0.2, 0.25) is 0 Å². The summed E-state index contributed by atoms with van der Waals surface area (Å²) in [7, 11) is 0. The molecule has 13 heteroatoms. The second-order valence-corrected chi connectivity index (χ2v) is 3.64. The quantitative estimate of drug-likeness (QED) is 0.448. The maximum Gasteiger partial charge on any atom is 0.451 e. The maximum absolute atomic E-state index is 12.8. The van der Waals surface area contributed by atoms with Crippen LogP contribution in [0.4, 0.5) is 43.9 Å². The van der Waals surface area contributed by atoms with Gasteiger partial charge in [-0.1, -0.05) is 0 Å². The lowest BCUT2D eigenvalue weighted by molar-refractivity contribution is -0.462. The number of alkyl halides is 10. The summed E-state index contributed by atoms with van der Waals surface area (Å²) in [6.07, 6.45) is -10.1. The number of rotatable bonds is 6. The van der Waals surface area contributed by atoms with Crippen LogP contribution in [0, 0.1) is 0 Å². The van der Waals surface area contributed by atoms with Crippen LogP contribution in [-0.2, 0) is 4.89 Å². The molecule has 0 rings (SSSR count). The molecule has 0 aliphatic heterocycles. The molecule has 1 unspecified atom stereocenters. The lowest BCUT2D eigenvalue weighted by Crippen LogP contribution is -2.60. The smallest absolute Gasteiger partial charge is 0.390 e. The Bertz CT molecular complexity index is 340. The summed E-state index contributed by atoms with van der Waals surface area (Å²) < 4.78 is 124. The SMILES string of the molecule is OCC(F)(F)C(F)(F)C(F)(F)CC(F)(OO)C(F)(F)F. The van der Waals surface area contributed by atoms with Crippen molar-refractivity contribution in [3.8, 4) is 0 Å². The highest BCUT2D eigenvalue weighted by atomic mass is 19.4. The lowest BCUT2D eigenvalue weighted by atomic mass is 9.98. The number of aliphatic hydroxyl groups is 1. The van der Waals surface area contributed by atoms with Gasteiger partial charge in [0, 0.05) is 0 Å². The zero-order valence-corrected chi connectivity index (χ0v) is 9.00. The van der Waals surface area contributed by atoms with Gasteiger partial charge in [-0.3, -0.25) is 0 Å². The minimum absolute atomic E-state index is 2.07. The first kappa shape index (κ1) is 19.2. The number of halogens is 10. The van der Waals surface area contributed by atoms with Crippen molar-refractivity contribution in [2.45, 2.75) is 36.2 Å². The van der Waals surface area contributed by atoms with Gasteiger partial charge >= 0.3 is 29.8 Å². The molecule has 122 valence electrons. The summed E-state index contributed by atoms with van der Waals surface area (Å²) in [5.74, 6) is -24.4. The molecular formula is C7H6F10O3. The van der Waals surface area contributed by atoms with Gasteiger partial charge in [-0.15, -0.1) is 0 Å². The third-order valence-electron chi connectivity index (χ3n) is 2.13. The summed E-state index contributed by atoms with van der Waals surface area (Å²) >= 11 is 0. The van der Waals surface area contributed by atoms with E-state index < -0.39 is 42.8 Å². The molecule has 2 N–H and O–H groups in total. The topological polar surface area (TPSA) is 49.7 Å². The average molecular weight is 328 g/mol. The Hall–Kier alpha value is -0.820. The molecule has 0 amide bonds. The van der Waals surface area contributed by atoms with Gasteiger partial charge in [0.1, 0.15) is 6.61 Å². The number of aliphatic hydroxyl groups excluding tert-OH is 1. The van der Waals surface area contributed by atoms with E-state index in [4.69, 9.17) is 10.4 Å². The monoisotopic (exact) mass is 328 g/mol. The molecule has 0 fully saturated rings. The second kappa shape index (κ2) is 5.18. The molecular weight excluding hydrogens is 322 g/mol. The van der Waals surface area contributed by atoms with Crippen molar-refractivity contribution in [1.82, 2.24) is 0 Å². The van der Waals surface area contributed by atoms with Gasteiger partial charge < -0.3 is 5.11 Å². The fraction of sp³-hybridized carbons (Fsp3) is 1.00. The minimum Gasteiger partial charge on any atom is -0.390 e. The first-order valence-corrected chi connectivity index (χ1v) is 4.40. The van der Waals surface area contributed by atoms with Gasteiger partial charge in [0.25, 0.3) is 0 Å². The van der Waals surface area contributed by atoms with E-state index in [-0.39, 0.29) is 0 Å². The van der Waals surface area contributed by atoms with Crippen molar-refractivity contribution in [2.75, 3.05) is 6.61 Å². The largest absolute Gasteiger partial charge is 0.451 e. The van der Waals surface area contributed by atoms with E-state index in [0.717, 1.165) is 0 Å². The predicted octanol–water partition coefficient (Wildman–Crippen LogP) is 2.99. The molecule has 0 radical (unpaired) electrons. The molecule has 1 atom stereocenters. The van der Waals surface area contributed by atoms with Gasteiger partial charge in [-0.05, 0) is 0 Å². The van der Waals surface area contributed by atoms with Crippen LogP contribution >= 0.6 is 0 Å². The van der Waals surface area contributed by atoms with Crippen LogP contribution in [0.25, 0.3) is 0 Å². The first-order valence-electron chi connectivity index (χ1n) is 4.40. The Kier molecular flexibility index (Phi) is 4.97. The molecule has 0 aromatic rings. The summed E-state index contributed by atoms with van der Waals surface area (Å²) in [5.41, 5.74) is 0. The van der Waals surface area contributed by atoms with Crippen LogP contribution < -0.4 is 0 Å². The minimum atomic E-state index is -6.53. The second-order valence-electron chi connectivity index (χ2n) is 3.64. The molecule has 3 nitrogen and oxygen atoms in total. The van der Waals surface area contributed by atoms with Crippen molar-refractivity contribution in [3.05, 3.63) is 0 Å². The van der Waals surface area contributed by atoms with E-state index in [0.29, 0.717) is 0 Å². The molecule has 0 heterocycles. The standard InChI is InChI=1S/C7H6F10O3/c8-3(9,6(13,14)4(10,11)2-18)1-5(12,20-19)7(15,16)17/h18-19H,1-2H2. The van der Waals surface area contributed by atoms with Crippen molar-refractivity contribution in [3.63, 3.8) is 0 Å². The number of hydrogen-bond donors (Lipinski definition) is 2. The zero-order chi connectivity index (χ0) is 16.6. The Morgan fingerprint density at radius 1 is 0.750 bits per heavy atom. The summed E-state index contributed by atoms with van der Waals surface area (Å²) in [4.78, 5) is 2.07. The summed E-state index contributed by atoms with van der Waals surface area (Å²) in [5, 5.41) is 15.4. The molecule has 20 heavy (non-hydrogen) atoms. The van der Waals surface area contributed by atoms with E-state index in [2.05, 4.69) is 4.89 Å². The van der Waals surface area contributed by atoms with Crippen molar-refractivity contribution in [2.24, 2.45) is 0 Å². The van der Waals surface area contributed by atoms with E-state index >= 15 is 0 Å². The molecule has 0 aromatic carbocycles. The Morgan fingerprint density at radius 2 is 1.15 bits per heavy atom. The number of hydrogen-bond acceptors (Lipinski definition) is 3. The van der Waals surface area contributed by atoms with Gasteiger partial charge in [0.15, 0.2) is 0 Å². The highest BCUT2D eigenvalue weighted by molar-refractivity contribution is 4.99. The Morgan fingerprint density at radius 3 is 1.40 bits per heavy atom. The van der Waals surface area contributed by atoms with Crippen molar-refractivity contribution < 1.29 is 59.2 Å². The first-order chi connectivity index (χ1) is 8.58. The fourth-order valence-corrected chi connectivity index (χ4v) is 0.948. The predicted molar refractivity (Wildman–Crippen MR) is 40.2 cm³/mol. The van der Waals surface area contributed by atoms with Gasteiger partial charge in [0.05, 0.1) is 6.42 Å². The van der Waals surface area contributed by atoms with Crippen LogP contribution in [0.15, 0.2) is 0 Å². The van der Waals surface area contributed by atoms with Crippen LogP contribution in [0.3, 0.4) is 0 Å². The molecule has 0 saturated carbocycles. The van der Waals surface area contributed by atoms with Gasteiger partial charge in [-0.25, -0.2) is 5.26 Å². The maximum atomic E-state index is 12.8. The zero-order valence-electron chi connectivity index (χ0n) is 9.00. The molecule has 0 bridgehead atoms. The van der Waals surface area contributed by atoms with Crippen LogP contribution in [-0.4, -0.2) is 46.8 Å². The van der Waals surface area contributed by atoms with E-state index in [1.54, 1.807) is 0 Å². The third-order valence-corrected chi connectivity index (χ3v) is 2.13. The molecule has 0 spiro atoms. The summed E-state index contributed by atoms with van der Waals surface area (Å²) in [6.45, 7) is -2.83. The van der Waals surface area contributed by atoms with Gasteiger partial charge in [0.2, 0.25) is 0 Å². The van der Waals surface area contributed by atoms with Crippen molar-refractivity contribution in [1.29, 1.82) is 0 Å². The Balaban J connectivity index is 5.56. The average Bonchev–Trinajstić information content (AvgIpc) is 2.26. The molecule has 0 saturated heterocycles. The molecule has 0 aliphatic rings. The fourth-order valence-electron chi connectivity index (χ4n) is 0.948. The van der Waals surface area contributed by atoms with E-state index in [9.17, 15) is 43.9 Å². The molecule has 0 aromatic heterocycles. The van der Waals surface area contributed by atoms with Crippen LogP contribution in [0.1, 0.15) is 6.42 Å². The highest BCUT2D eigenvalue weighted by Gasteiger charge is 2.76. The Labute approximate surface area is 103 Å². The van der Waals surface area contributed by atoms with Gasteiger partial charge in [-0.2, -0.15) is 48.8 Å². The highest BCUT2D eigenvalue weighted by Crippen LogP contribution is 2.52. The summed E-state index contributed by atoms with van der Waals surface area (Å²) in [6, 6.07) is 0. The normalized spacial score (nSPS) is 18.0. The lowest BCUT2D eigenvalue weighted by Gasteiger charge is -2.35. The molecule has 0 aliphatic carbocycles. The van der Waals surface area contributed by atoms with E-state index in [1.165, 1.54) is 0 Å². The van der Waals surface area contributed by atoms with Crippen molar-refractivity contribution >= 4 is 0 Å². The van der Waals surface area contributed by atoms with Crippen LogP contribution in [0.5, 0.6) is 0 Å².